The van der Waals surface area contributed by atoms with E-state index in [1.807, 2.05) is 6.92 Å². The Hall–Kier alpha value is -1.23. The molecule has 0 heterocycles. The number of halogens is 3. The Morgan fingerprint density at radius 2 is 1.84 bits per heavy atom. The third-order valence-corrected chi connectivity index (χ3v) is 3.31. The first-order chi connectivity index (χ1) is 8.83. The third-order valence-electron chi connectivity index (χ3n) is 3.31. The highest BCUT2D eigenvalue weighted by Gasteiger charge is 2.31. The van der Waals surface area contributed by atoms with Gasteiger partial charge in [-0.05, 0) is 18.9 Å². The molecule has 0 saturated carbocycles. The number of rotatable bonds is 6. The molecule has 19 heavy (non-hydrogen) atoms. The van der Waals surface area contributed by atoms with Crippen molar-refractivity contribution < 1.29 is 17.9 Å². The van der Waals surface area contributed by atoms with E-state index in [-0.39, 0.29) is 11.8 Å². The molecule has 0 bridgehead atoms. The van der Waals surface area contributed by atoms with Crippen LogP contribution in [0.2, 0.25) is 0 Å². The Morgan fingerprint density at radius 1 is 1.21 bits per heavy atom. The highest BCUT2D eigenvalue weighted by Crippen LogP contribution is 2.26. The minimum absolute atomic E-state index is 0.140. The number of hydrogen-bond acceptors (Lipinski definition) is 2. The summed E-state index contributed by atoms with van der Waals surface area (Å²) in [5, 5.41) is 3.23. The van der Waals surface area contributed by atoms with E-state index < -0.39 is 6.36 Å². The summed E-state index contributed by atoms with van der Waals surface area (Å²) < 4.78 is 40.8. The lowest BCUT2D eigenvalue weighted by Crippen LogP contribution is -2.31. The number of alkyl halides is 3. The molecule has 0 radical (unpaired) electrons. The maximum absolute atomic E-state index is 12.3. The highest BCUT2D eigenvalue weighted by atomic mass is 19.4. The molecule has 2 nitrogen and oxygen atoms in total. The van der Waals surface area contributed by atoms with E-state index in [4.69, 9.17) is 0 Å². The summed E-state index contributed by atoms with van der Waals surface area (Å²) >= 11 is 0. The van der Waals surface area contributed by atoms with E-state index in [9.17, 15) is 13.2 Å². The number of hydrogen-bond donors (Lipinski definition) is 1. The molecule has 0 fully saturated rings. The van der Waals surface area contributed by atoms with Gasteiger partial charge >= 0.3 is 6.36 Å². The van der Waals surface area contributed by atoms with Crippen molar-refractivity contribution in [1.82, 2.24) is 5.32 Å². The van der Waals surface area contributed by atoms with Crippen molar-refractivity contribution in [2.24, 2.45) is 5.92 Å². The number of ether oxygens (including phenoxy) is 1. The third kappa shape index (κ3) is 5.51. The van der Waals surface area contributed by atoms with Crippen molar-refractivity contribution in [3.63, 3.8) is 0 Å². The summed E-state index contributed by atoms with van der Waals surface area (Å²) in [6.45, 7) is 6.58. The maximum Gasteiger partial charge on any atom is 0.573 e. The molecule has 2 atom stereocenters. The van der Waals surface area contributed by atoms with Crippen LogP contribution in [0.25, 0.3) is 0 Å². The van der Waals surface area contributed by atoms with Gasteiger partial charge in [-0.2, -0.15) is 0 Å². The average Bonchev–Trinajstić information content (AvgIpc) is 2.34. The van der Waals surface area contributed by atoms with E-state index in [0.29, 0.717) is 18.0 Å². The van der Waals surface area contributed by atoms with Crippen LogP contribution >= 0.6 is 0 Å². The van der Waals surface area contributed by atoms with Crippen molar-refractivity contribution in [3.05, 3.63) is 29.8 Å². The van der Waals surface area contributed by atoms with Crippen molar-refractivity contribution in [2.45, 2.75) is 46.1 Å². The molecule has 0 amide bonds. The SMILES string of the molecule is CCC(C)C(C)NCc1ccccc1OC(F)(F)F. The van der Waals surface area contributed by atoms with Crippen molar-refractivity contribution >= 4 is 0 Å². The fourth-order valence-corrected chi connectivity index (χ4v) is 1.70. The fraction of sp³-hybridized carbons (Fsp3) is 0.571. The minimum Gasteiger partial charge on any atom is -0.405 e. The second-order valence-corrected chi connectivity index (χ2v) is 4.71. The van der Waals surface area contributed by atoms with Gasteiger partial charge in [-0.15, -0.1) is 13.2 Å². The van der Waals surface area contributed by atoms with Crippen LogP contribution in [-0.2, 0) is 6.54 Å². The maximum atomic E-state index is 12.3. The second-order valence-electron chi connectivity index (χ2n) is 4.71. The van der Waals surface area contributed by atoms with E-state index in [0.717, 1.165) is 6.42 Å². The van der Waals surface area contributed by atoms with Crippen LogP contribution in [0.3, 0.4) is 0 Å². The van der Waals surface area contributed by atoms with Gasteiger partial charge in [0.2, 0.25) is 0 Å². The molecule has 1 N–H and O–H groups in total. The minimum atomic E-state index is -4.65. The molecule has 0 aliphatic rings. The van der Waals surface area contributed by atoms with Gasteiger partial charge in [-0.1, -0.05) is 38.5 Å². The topological polar surface area (TPSA) is 21.3 Å². The Morgan fingerprint density at radius 3 is 2.42 bits per heavy atom. The molecule has 108 valence electrons. The molecule has 2 unspecified atom stereocenters. The zero-order chi connectivity index (χ0) is 14.5. The number of benzene rings is 1. The zero-order valence-corrected chi connectivity index (χ0v) is 11.4. The van der Waals surface area contributed by atoms with E-state index in [1.165, 1.54) is 12.1 Å². The van der Waals surface area contributed by atoms with Crippen molar-refractivity contribution in [3.8, 4) is 5.75 Å². The van der Waals surface area contributed by atoms with Gasteiger partial charge in [0.1, 0.15) is 5.75 Å². The predicted octanol–water partition coefficient (Wildman–Crippen LogP) is 4.11. The van der Waals surface area contributed by atoms with E-state index >= 15 is 0 Å². The summed E-state index contributed by atoms with van der Waals surface area (Å²) in [7, 11) is 0. The van der Waals surface area contributed by atoms with Gasteiger partial charge in [-0.25, -0.2) is 0 Å². The van der Waals surface area contributed by atoms with Gasteiger partial charge in [0, 0.05) is 18.2 Å². The second kappa shape index (κ2) is 6.80. The normalized spacial score (nSPS) is 15.1. The van der Waals surface area contributed by atoms with E-state index in [2.05, 4.69) is 23.9 Å². The first-order valence-electron chi connectivity index (χ1n) is 6.40. The lowest BCUT2D eigenvalue weighted by molar-refractivity contribution is -0.274. The lowest BCUT2D eigenvalue weighted by Gasteiger charge is -2.21. The first-order valence-corrected chi connectivity index (χ1v) is 6.40. The molecule has 0 aliphatic carbocycles. The average molecular weight is 275 g/mol. The molecule has 0 saturated heterocycles. The van der Waals surface area contributed by atoms with Crippen LogP contribution in [-0.4, -0.2) is 12.4 Å². The Kier molecular flexibility index (Phi) is 5.66. The van der Waals surface area contributed by atoms with Crippen LogP contribution in [0.15, 0.2) is 24.3 Å². The number of para-hydroxylation sites is 1. The Labute approximate surface area is 112 Å². The van der Waals surface area contributed by atoms with Crippen LogP contribution < -0.4 is 10.1 Å². The lowest BCUT2D eigenvalue weighted by atomic mass is 10.0. The van der Waals surface area contributed by atoms with Crippen LogP contribution in [0.5, 0.6) is 5.75 Å². The van der Waals surface area contributed by atoms with Gasteiger partial charge in [0.05, 0.1) is 0 Å². The van der Waals surface area contributed by atoms with Gasteiger partial charge < -0.3 is 10.1 Å². The fourth-order valence-electron chi connectivity index (χ4n) is 1.70. The molecular formula is C14H20F3NO. The van der Waals surface area contributed by atoms with Crippen LogP contribution in [0, 0.1) is 5.92 Å². The molecular weight excluding hydrogens is 255 g/mol. The zero-order valence-electron chi connectivity index (χ0n) is 11.4. The van der Waals surface area contributed by atoms with Gasteiger partial charge in [0.15, 0.2) is 0 Å². The van der Waals surface area contributed by atoms with E-state index in [1.54, 1.807) is 12.1 Å². The quantitative estimate of drug-likeness (QED) is 0.843. The first kappa shape index (κ1) is 15.8. The van der Waals surface area contributed by atoms with Gasteiger partial charge in [0.25, 0.3) is 0 Å². The molecule has 1 aromatic carbocycles. The predicted molar refractivity (Wildman–Crippen MR) is 68.9 cm³/mol. The monoisotopic (exact) mass is 275 g/mol. The Bertz CT molecular complexity index is 393. The highest BCUT2D eigenvalue weighted by molar-refractivity contribution is 5.33. The largest absolute Gasteiger partial charge is 0.573 e. The summed E-state index contributed by atoms with van der Waals surface area (Å²) in [4.78, 5) is 0. The summed E-state index contributed by atoms with van der Waals surface area (Å²) in [5.41, 5.74) is 0.509. The molecule has 0 spiro atoms. The standard InChI is InChI=1S/C14H20F3NO/c1-4-10(2)11(3)18-9-12-7-5-6-8-13(12)19-14(15,16)17/h5-8,10-11,18H,4,9H2,1-3H3. The Balaban J connectivity index is 2.68. The molecule has 0 aromatic heterocycles. The summed E-state index contributed by atoms with van der Waals surface area (Å²) in [5.74, 6) is 0.328. The van der Waals surface area contributed by atoms with Crippen molar-refractivity contribution in [2.75, 3.05) is 0 Å². The van der Waals surface area contributed by atoms with Gasteiger partial charge in [-0.3, -0.25) is 0 Å². The van der Waals surface area contributed by atoms with Crippen molar-refractivity contribution in [1.29, 1.82) is 0 Å². The molecule has 1 aromatic rings. The van der Waals surface area contributed by atoms with Crippen LogP contribution in [0.4, 0.5) is 13.2 Å². The summed E-state index contributed by atoms with van der Waals surface area (Å²) in [6, 6.07) is 6.44. The molecule has 0 aliphatic heterocycles. The number of nitrogens with one attached hydrogen (secondary N) is 1. The summed E-state index contributed by atoms with van der Waals surface area (Å²) in [6.07, 6.45) is -3.63. The van der Waals surface area contributed by atoms with Crippen LogP contribution in [0.1, 0.15) is 32.8 Å². The molecule has 1 rings (SSSR count). The molecule has 5 heteroatoms. The smallest absolute Gasteiger partial charge is 0.405 e.